The minimum Gasteiger partial charge on any atom is -0.311 e. The van der Waals surface area contributed by atoms with Crippen molar-refractivity contribution in [1.82, 2.24) is 20.1 Å². The Balaban J connectivity index is 2.36. The number of hydrogen-bond donors (Lipinski definition) is 1. The normalized spacial score (nSPS) is 10.3. The first-order valence-electron chi connectivity index (χ1n) is 4.43. The molecule has 0 unspecified atom stereocenters. The highest BCUT2D eigenvalue weighted by molar-refractivity contribution is 4.87. The number of aryl methyl sites for hydroxylation is 2. The van der Waals surface area contributed by atoms with Crippen LogP contribution >= 0.6 is 0 Å². The molecule has 0 atom stereocenters. The largest absolute Gasteiger partial charge is 0.311 e. The van der Waals surface area contributed by atoms with Gasteiger partial charge in [-0.05, 0) is 13.8 Å². The summed E-state index contributed by atoms with van der Waals surface area (Å²) in [7, 11) is 0. The zero-order valence-corrected chi connectivity index (χ0v) is 8.25. The van der Waals surface area contributed by atoms with Crippen LogP contribution in [0.1, 0.15) is 11.6 Å². The summed E-state index contributed by atoms with van der Waals surface area (Å²) < 4.78 is 1.91. The van der Waals surface area contributed by atoms with Crippen molar-refractivity contribution >= 4 is 0 Å². The van der Waals surface area contributed by atoms with Gasteiger partial charge in [0, 0.05) is 13.1 Å². The highest BCUT2D eigenvalue weighted by atomic mass is 15.3. The minimum absolute atomic E-state index is 0.834. The Bertz CT molecular complexity index is 277. The molecule has 0 aromatic carbocycles. The van der Waals surface area contributed by atoms with E-state index in [2.05, 4.69) is 22.0 Å². The second kappa shape index (κ2) is 4.77. The molecule has 0 fully saturated rings. The summed E-state index contributed by atoms with van der Waals surface area (Å²) in [4.78, 5) is 4.21. The summed E-state index contributed by atoms with van der Waals surface area (Å²) in [6, 6.07) is 0. The first-order valence-corrected chi connectivity index (χ1v) is 4.43. The van der Waals surface area contributed by atoms with Crippen LogP contribution in [0.25, 0.3) is 0 Å². The van der Waals surface area contributed by atoms with Crippen molar-refractivity contribution in [2.24, 2.45) is 0 Å². The summed E-state index contributed by atoms with van der Waals surface area (Å²) in [6.45, 7) is 10.1. The van der Waals surface area contributed by atoms with Gasteiger partial charge in [-0.1, -0.05) is 6.08 Å². The molecule has 0 radical (unpaired) electrons. The molecule has 0 aliphatic carbocycles. The summed E-state index contributed by atoms with van der Waals surface area (Å²) in [5.41, 5.74) is 0. The van der Waals surface area contributed by atoms with Crippen LogP contribution in [0, 0.1) is 13.8 Å². The first kappa shape index (κ1) is 9.92. The Kier molecular flexibility index (Phi) is 3.64. The van der Waals surface area contributed by atoms with Crippen molar-refractivity contribution in [3.05, 3.63) is 24.3 Å². The molecule has 1 heterocycles. The van der Waals surface area contributed by atoms with Crippen LogP contribution in [0.15, 0.2) is 12.7 Å². The summed E-state index contributed by atoms with van der Waals surface area (Å²) in [5, 5.41) is 7.46. The van der Waals surface area contributed by atoms with E-state index in [1.165, 1.54) is 0 Å². The Morgan fingerprint density at radius 3 is 2.85 bits per heavy atom. The molecule has 0 saturated carbocycles. The van der Waals surface area contributed by atoms with Crippen LogP contribution in [-0.4, -0.2) is 27.9 Å². The fraction of sp³-hybridized carbons (Fsp3) is 0.556. The smallest absolute Gasteiger partial charge is 0.147 e. The second-order valence-corrected chi connectivity index (χ2v) is 2.92. The molecule has 13 heavy (non-hydrogen) atoms. The van der Waals surface area contributed by atoms with Crippen LogP contribution in [-0.2, 0) is 6.54 Å². The van der Waals surface area contributed by atoms with Gasteiger partial charge in [0.1, 0.15) is 11.6 Å². The standard InChI is InChI=1S/C9H16N4/c1-4-5-10-6-7-13-9(3)11-8(2)12-13/h4,10H,1,5-7H2,2-3H3. The van der Waals surface area contributed by atoms with Crippen molar-refractivity contribution in [1.29, 1.82) is 0 Å². The predicted octanol–water partition coefficient (Wildman–Crippen LogP) is 0.671. The van der Waals surface area contributed by atoms with E-state index in [4.69, 9.17) is 0 Å². The molecule has 1 aromatic heterocycles. The van der Waals surface area contributed by atoms with E-state index in [0.29, 0.717) is 0 Å². The van der Waals surface area contributed by atoms with Gasteiger partial charge in [-0.3, -0.25) is 0 Å². The van der Waals surface area contributed by atoms with Gasteiger partial charge in [0.2, 0.25) is 0 Å². The van der Waals surface area contributed by atoms with E-state index >= 15 is 0 Å². The van der Waals surface area contributed by atoms with Crippen LogP contribution in [0.5, 0.6) is 0 Å². The lowest BCUT2D eigenvalue weighted by Gasteiger charge is -2.02. The molecule has 1 aromatic rings. The molecule has 1 N–H and O–H groups in total. The molecule has 0 aliphatic rings. The SMILES string of the molecule is C=CCNCCn1nc(C)nc1C. The Hall–Kier alpha value is -1.16. The van der Waals surface area contributed by atoms with Crippen LogP contribution in [0.4, 0.5) is 0 Å². The van der Waals surface area contributed by atoms with E-state index in [-0.39, 0.29) is 0 Å². The lowest BCUT2D eigenvalue weighted by molar-refractivity contribution is 0.556. The van der Waals surface area contributed by atoms with Crippen molar-refractivity contribution < 1.29 is 0 Å². The summed E-state index contributed by atoms with van der Waals surface area (Å²) in [6.07, 6.45) is 1.85. The molecule has 0 aliphatic heterocycles. The Morgan fingerprint density at radius 2 is 2.31 bits per heavy atom. The molecule has 0 spiro atoms. The molecule has 0 saturated heterocycles. The average Bonchev–Trinajstić information content (AvgIpc) is 2.39. The summed E-state index contributed by atoms with van der Waals surface area (Å²) >= 11 is 0. The highest BCUT2D eigenvalue weighted by Crippen LogP contribution is 1.94. The molecule has 72 valence electrons. The van der Waals surface area contributed by atoms with E-state index in [1.54, 1.807) is 0 Å². The zero-order chi connectivity index (χ0) is 9.68. The van der Waals surface area contributed by atoms with Crippen LogP contribution < -0.4 is 5.32 Å². The van der Waals surface area contributed by atoms with Gasteiger partial charge in [-0.25, -0.2) is 9.67 Å². The average molecular weight is 180 g/mol. The van der Waals surface area contributed by atoms with Gasteiger partial charge in [0.15, 0.2) is 0 Å². The maximum atomic E-state index is 4.25. The van der Waals surface area contributed by atoms with E-state index in [9.17, 15) is 0 Å². The van der Waals surface area contributed by atoms with Crippen LogP contribution in [0.2, 0.25) is 0 Å². The number of hydrogen-bond acceptors (Lipinski definition) is 3. The van der Waals surface area contributed by atoms with Gasteiger partial charge >= 0.3 is 0 Å². The summed E-state index contributed by atoms with van der Waals surface area (Å²) in [5.74, 6) is 1.80. The van der Waals surface area contributed by atoms with Gasteiger partial charge in [-0.15, -0.1) is 6.58 Å². The fourth-order valence-corrected chi connectivity index (χ4v) is 1.16. The Labute approximate surface area is 78.7 Å². The van der Waals surface area contributed by atoms with Crippen molar-refractivity contribution in [3.63, 3.8) is 0 Å². The monoisotopic (exact) mass is 180 g/mol. The maximum Gasteiger partial charge on any atom is 0.147 e. The van der Waals surface area contributed by atoms with Crippen LogP contribution in [0.3, 0.4) is 0 Å². The predicted molar refractivity (Wildman–Crippen MR) is 52.6 cm³/mol. The molecule has 0 amide bonds. The maximum absolute atomic E-state index is 4.25. The number of rotatable bonds is 5. The lowest BCUT2D eigenvalue weighted by Crippen LogP contribution is -2.20. The van der Waals surface area contributed by atoms with Crippen molar-refractivity contribution in [2.45, 2.75) is 20.4 Å². The quantitative estimate of drug-likeness (QED) is 0.535. The zero-order valence-electron chi connectivity index (χ0n) is 8.25. The minimum atomic E-state index is 0.834. The first-order chi connectivity index (χ1) is 6.24. The van der Waals surface area contributed by atoms with Gasteiger partial charge in [0.25, 0.3) is 0 Å². The molecule has 0 bridgehead atoms. The number of aromatic nitrogens is 3. The fourth-order valence-electron chi connectivity index (χ4n) is 1.16. The van der Waals surface area contributed by atoms with Crippen molar-refractivity contribution in [2.75, 3.05) is 13.1 Å². The lowest BCUT2D eigenvalue weighted by atomic mass is 10.5. The molecule has 4 nitrogen and oxygen atoms in total. The third-order valence-corrected chi connectivity index (χ3v) is 1.75. The number of nitrogens with one attached hydrogen (secondary N) is 1. The van der Waals surface area contributed by atoms with Gasteiger partial charge in [-0.2, -0.15) is 5.10 Å². The third kappa shape index (κ3) is 2.99. The van der Waals surface area contributed by atoms with Gasteiger partial charge < -0.3 is 5.32 Å². The van der Waals surface area contributed by atoms with E-state index in [0.717, 1.165) is 31.3 Å². The topological polar surface area (TPSA) is 42.7 Å². The molecular formula is C9H16N4. The Morgan fingerprint density at radius 1 is 1.54 bits per heavy atom. The molecule has 1 rings (SSSR count). The van der Waals surface area contributed by atoms with Crippen molar-refractivity contribution in [3.8, 4) is 0 Å². The van der Waals surface area contributed by atoms with E-state index in [1.807, 2.05) is 24.6 Å². The second-order valence-electron chi connectivity index (χ2n) is 2.92. The molecule has 4 heteroatoms. The molecular weight excluding hydrogens is 164 g/mol. The highest BCUT2D eigenvalue weighted by Gasteiger charge is 2.00. The number of nitrogens with zero attached hydrogens (tertiary/aromatic N) is 3. The third-order valence-electron chi connectivity index (χ3n) is 1.75. The van der Waals surface area contributed by atoms with Gasteiger partial charge in [0.05, 0.1) is 6.54 Å². The van der Waals surface area contributed by atoms with E-state index < -0.39 is 0 Å².